The Morgan fingerprint density at radius 2 is 1.70 bits per heavy atom. The number of carbonyl (C=O) groups is 1. The highest BCUT2D eigenvalue weighted by atomic mass is 16.2. The van der Waals surface area contributed by atoms with E-state index in [9.17, 15) is 4.79 Å². The summed E-state index contributed by atoms with van der Waals surface area (Å²) in [5.74, 6) is 0. The molecule has 5 heteroatoms. The van der Waals surface area contributed by atoms with Crippen LogP contribution in [0.2, 0.25) is 0 Å². The number of fused-ring (bicyclic) bond motifs is 1. The van der Waals surface area contributed by atoms with Gasteiger partial charge in [0.1, 0.15) is 0 Å². The molecule has 2 aliphatic rings. The third-order valence-electron chi connectivity index (χ3n) is 6.92. The molecule has 1 aromatic carbocycles. The third kappa shape index (κ3) is 4.08. The molecule has 5 nitrogen and oxygen atoms in total. The Kier molecular flexibility index (Phi) is 5.83. The monoisotopic (exact) mass is 406 g/mol. The number of carbonyl (C=O) groups excluding carboxylic acids is 1. The molecule has 1 aromatic heterocycles. The Morgan fingerprint density at radius 3 is 2.40 bits per heavy atom. The summed E-state index contributed by atoms with van der Waals surface area (Å²) in [5.41, 5.74) is 3.25. The maximum Gasteiger partial charge on any atom is 0.324 e. The second-order valence-corrected chi connectivity index (χ2v) is 9.60. The van der Waals surface area contributed by atoms with Gasteiger partial charge >= 0.3 is 6.03 Å². The van der Waals surface area contributed by atoms with Gasteiger partial charge in [-0.3, -0.25) is 14.8 Å². The van der Waals surface area contributed by atoms with Gasteiger partial charge in [0, 0.05) is 43.8 Å². The fourth-order valence-corrected chi connectivity index (χ4v) is 5.10. The summed E-state index contributed by atoms with van der Waals surface area (Å²) in [5, 5.41) is 0. The van der Waals surface area contributed by atoms with Crippen molar-refractivity contribution in [1.29, 1.82) is 0 Å². The summed E-state index contributed by atoms with van der Waals surface area (Å²) in [6, 6.07) is 15.6. The second kappa shape index (κ2) is 8.38. The van der Waals surface area contributed by atoms with Crippen molar-refractivity contribution in [1.82, 2.24) is 14.8 Å². The van der Waals surface area contributed by atoms with Crippen LogP contribution in [0, 0.1) is 0 Å². The van der Waals surface area contributed by atoms with E-state index in [0.717, 1.165) is 43.6 Å². The molecule has 0 bridgehead atoms. The molecule has 160 valence electrons. The summed E-state index contributed by atoms with van der Waals surface area (Å²) in [6.45, 7) is 6.01. The molecule has 0 spiro atoms. The maximum atomic E-state index is 13.4. The van der Waals surface area contributed by atoms with Crippen LogP contribution in [-0.4, -0.2) is 53.5 Å². The quantitative estimate of drug-likeness (QED) is 0.740. The average molecular weight is 407 g/mol. The number of aromatic nitrogens is 1. The Morgan fingerprint density at radius 1 is 1.03 bits per heavy atom. The summed E-state index contributed by atoms with van der Waals surface area (Å²) >= 11 is 0. The molecule has 0 atom stereocenters. The zero-order chi connectivity index (χ0) is 21.3. The predicted octanol–water partition coefficient (Wildman–Crippen LogP) is 4.67. The summed E-state index contributed by atoms with van der Waals surface area (Å²) in [4.78, 5) is 24.3. The van der Waals surface area contributed by atoms with Crippen LogP contribution in [0.4, 0.5) is 10.5 Å². The van der Waals surface area contributed by atoms with Crippen molar-refractivity contribution in [2.24, 2.45) is 0 Å². The zero-order valence-electron chi connectivity index (χ0n) is 18.7. The highest BCUT2D eigenvalue weighted by Crippen LogP contribution is 2.39. The molecule has 0 radical (unpaired) electrons. The number of hydrogen-bond acceptors (Lipinski definition) is 3. The van der Waals surface area contributed by atoms with Crippen molar-refractivity contribution in [3.05, 3.63) is 59.9 Å². The lowest BCUT2D eigenvalue weighted by atomic mass is 9.89. The molecule has 2 amide bonds. The van der Waals surface area contributed by atoms with E-state index < -0.39 is 0 Å². The van der Waals surface area contributed by atoms with Crippen molar-refractivity contribution in [3.63, 3.8) is 0 Å². The highest BCUT2D eigenvalue weighted by molar-refractivity contribution is 5.94. The molecule has 4 rings (SSSR count). The molecular formula is C25H34N4O. The first-order valence-corrected chi connectivity index (χ1v) is 11.1. The molecule has 30 heavy (non-hydrogen) atoms. The minimum absolute atomic E-state index is 0.106. The highest BCUT2D eigenvalue weighted by Gasteiger charge is 2.41. The number of benzene rings is 1. The molecule has 0 unspecified atom stereocenters. The van der Waals surface area contributed by atoms with Gasteiger partial charge in [0.2, 0.25) is 0 Å². The van der Waals surface area contributed by atoms with E-state index >= 15 is 0 Å². The minimum Gasteiger partial charge on any atom is -0.324 e. The first-order valence-electron chi connectivity index (χ1n) is 11.1. The smallest absolute Gasteiger partial charge is 0.324 e. The molecule has 0 saturated heterocycles. The second-order valence-electron chi connectivity index (χ2n) is 9.60. The van der Waals surface area contributed by atoms with Gasteiger partial charge in [0.15, 0.2) is 0 Å². The Bertz CT molecular complexity index is 874. The molecule has 2 heterocycles. The summed E-state index contributed by atoms with van der Waals surface area (Å²) in [7, 11) is 4.20. The molecule has 1 saturated carbocycles. The SMILES string of the molecule is CN(Cc1ccccc1)[C@H]1CC[C@H](N(C)C(=O)N2CC(C)(C)c3ncccc32)CC1. The Hall–Kier alpha value is -2.40. The molecule has 1 aliphatic heterocycles. The van der Waals surface area contributed by atoms with Crippen LogP contribution in [0.5, 0.6) is 0 Å². The van der Waals surface area contributed by atoms with Crippen molar-refractivity contribution < 1.29 is 4.79 Å². The van der Waals surface area contributed by atoms with E-state index in [2.05, 4.69) is 61.1 Å². The van der Waals surface area contributed by atoms with E-state index in [1.54, 1.807) is 0 Å². The Balaban J connectivity index is 1.35. The zero-order valence-corrected chi connectivity index (χ0v) is 18.7. The van der Waals surface area contributed by atoms with E-state index in [0.29, 0.717) is 18.6 Å². The third-order valence-corrected chi connectivity index (χ3v) is 6.92. The van der Waals surface area contributed by atoms with Crippen molar-refractivity contribution in [3.8, 4) is 0 Å². The first kappa shape index (κ1) is 20.9. The van der Waals surface area contributed by atoms with Gasteiger partial charge in [-0.2, -0.15) is 0 Å². The predicted molar refractivity (Wildman–Crippen MR) is 122 cm³/mol. The Labute approximate surface area is 180 Å². The van der Waals surface area contributed by atoms with Gasteiger partial charge in [-0.1, -0.05) is 44.2 Å². The molecule has 1 fully saturated rings. The fraction of sp³-hybridized carbons (Fsp3) is 0.520. The lowest BCUT2D eigenvalue weighted by molar-refractivity contribution is 0.130. The standard InChI is InChI=1S/C25H34N4O/c1-25(2)18-29(22-11-8-16-26-23(22)25)24(30)28(4)21-14-12-20(13-15-21)27(3)17-19-9-6-5-7-10-19/h5-11,16,20-21H,12-15,17-18H2,1-4H3/t20-,21-. The van der Waals surface area contributed by atoms with Crippen LogP contribution >= 0.6 is 0 Å². The van der Waals surface area contributed by atoms with Crippen molar-refractivity contribution >= 4 is 11.7 Å². The number of urea groups is 1. The van der Waals surface area contributed by atoms with E-state index in [1.807, 2.05) is 35.2 Å². The van der Waals surface area contributed by atoms with Gasteiger partial charge < -0.3 is 4.90 Å². The van der Waals surface area contributed by atoms with Crippen LogP contribution in [0.25, 0.3) is 0 Å². The molecule has 0 N–H and O–H groups in total. The van der Waals surface area contributed by atoms with Crippen LogP contribution in [0.1, 0.15) is 50.8 Å². The van der Waals surface area contributed by atoms with Crippen LogP contribution < -0.4 is 4.90 Å². The first-order chi connectivity index (χ1) is 14.4. The minimum atomic E-state index is -0.106. The van der Waals surface area contributed by atoms with Crippen LogP contribution in [0.3, 0.4) is 0 Å². The van der Waals surface area contributed by atoms with Gasteiger partial charge in [-0.15, -0.1) is 0 Å². The number of rotatable bonds is 4. The topological polar surface area (TPSA) is 39.7 Å². The molecule has 1 aliphatic carbocycles. The van der Waals surface area contributed by atoms with Gasteiger partial charge in [0.05, 0.1) is 11.4 Å². The maximum absolute atomic E-state index is 13.4. The molecular weight excluding hydrogens is 372 g/mol. The fourth-order valence-electron chi connectivity index (χ4n) is 5.10. The van der Waals surface area contributed by atoms with E-state index in [4.69, 9.17) is 0 Å². The van der Waals surface area contributed by atoms with Gasteiger partial charge in [0.25, 0.3) is 0 Å². The summed E-state index contributed by atoms with van der Waals surface area (Å²) in [6.07, 6.45) is 6.21. The van der Waals surface area contributed by atoms with Crippen molar-refractivity contribution in [2.75, 3.05) is 25.5 Å². The van der Waals surface area contributed by atoms with E-state index in [-0.39, 0.29) is 11.4 Å². The van der Waals surface area contributed by atoms with E-state index in [1.165, 1.54) is 5.56 Å². The number of hydrogen-bond donors (Lipinski definition) is 0. The van der Waals surface area contributed by atoms with Crippen LogP contribution in [0.15, 0.2) is 48.7 Å². The van der Waals surface area contributed by atoms with Gasteiger partial charge in [-0.05, 0) is 50.4 Å². The number of nitrogens with zero attached hydrogens (tertiary/aromatic N) is 4. The van der Waals surface area contributed by atoms with Crippen LogP contribution in [-0.2, 0) is 12.0 Å². The lowest BCUT2D eigenvalue weighted by Gasteiger charge is -2.39. The number of pyridine rings is 1. The average Bonchev–Trinajstić information content (AvgIpc) is 3.04. The number of anilines is 1. The molecule has 2 aromatic rings. The van der Waals surface area contributed by atoms with Crippen molar-refractivity contribution in [2.45, 2.75) is 63.6 Å². The normalized spacial score (nSPS) is 22.8. The van der Waals surface area contributed by atoms with Gasteiger partial charge in [-0.25, -0.2) is 4.79 Å². The largest absolute Gasteiger partial charge is 0.324 e. The number of amides is 2. The lowest BCUT2D eigenvalue weighted by Crippen LogP contribution is -2.49. The summed E-state index contributed by atoms with van der Waals surface area (Å²) < 4.78 is 0.